The maximum Gasteiger partial charge on any atom is 0.248 e. The minimum Gasteiger partial charge on any atom is -0.376 e. The summed E-state index contributed by atoms with van der Waals surface area (Å²) in [6.45, 7) is 3.49. The summed E-state index contributed by atoms with van der Waals surface area (Å²) in [4.78, 5) is 16.1. The monoisotopic (exact) mass is 318 g/mol. The zero-order chi connectivity index (χ0) is 15.4. The van der Waals surface area contributed by atoms with Gasteiger partial charge in [0.2, 0.25) is 5.91 Å². The molecule has 1 atom stereocenters. The number of hydrogen-bond acceptors (Lipinski definition) is 5. The average molecular weight is 318 g/mol. The first-order valence-electron chi connectivity index (χ1n) is 7.24. The molecule has 1 aliphatic rings. The van der Waals surface area contributed by atoms with Crippen molar-refractivity contribution >= 4 is 29.0 Å². The van der Waals surface area contributed by atoms with Crippen LogP contribution in [-0.4, -0.2) is 33.4 Å². The molecule has 1 fully saturated rings. The number of hydrogen-bond donors (Lipinski definition) is 1. The summed E-state index contributed by atoms with van der Waals surface area (Å²) < 4.78 is 7.38. The molecule has 2 aromatic rings. The molecule has 0 aliphatic carbocycles. The molecule has 0 aromatic carbocycles. The fourth-order valence-corrected chi connectivity index (χ4v) is 2.91. The lowest BCUT2D eigenvalue weighted by Gasteiger charge is -2.08. The van der Waals surface area contributed by atoms with Crippen LogP contribution in [-0.2, 0) is 16.1 Å². The second-order valence-electron chi connectivity index (χ2n) is 5.20. The van der Waals surface area contributed by atoms with E-state index in [0.29, 0.717) is 5.69 Å². The number of aryl methyl sites for hydroxylation is 1. The van der Waals surface area contributed by atoms with Gasteiger partial charge in [-0.15, -0.1) is 11.3 Å². The highest BCUT2D eigenvalue weighted by Crippen LogP contribution is 2.15. The van der Waals surface area contributed by atoms with E-state index in [2.05, 4.69) is 15.4 Å². The van der Waals surface area contributed by atoms with E-state index in [1.807, 2.05) is 18.5 Å². The summed E-state index contributed by atoms with van der Waals surface area (Å²) in [5, 5.41) is 9.93. The predicted molar refractivity (Wildman–Crippen MR) is 85.7 cm³/mol. The Balaban J connectivity index is 1.53. The number of carbonyl (C=O) groups is 1. The summed E-state index contributed by atoms with van der Waals surface area (Å²) in [5.74, 6) is -0.192. The number of anilines is 1. The van der Waals surface area contributed by atoms with E-state index in [9.17, 15) is 4.79 Å². The van der Waals surface area contributed by atoms with E-state index in [0.717, 1.165) is 36.7 Å². The quantitative estimate of drug-likeness (QED) is 0.860. The Bertz CT molecular complexity index is 671. The highest BCUT2D eigenvalue weighted by molar-refractivity contribution is 7.09. The van der Waals surface area contributed by atoms with Crippen LogP contribution >= 0.6 is 11.3 Å². The van der Waals surface area contributed by atoms with Gasteiger partial charge in [-0.05, 0) is 25.8 Å². The number of carbonyl (C=O) groups excluding carboxylic acids is 1. The minimum absolute atomic E-state index is 0.192. The number of amides is 1. The second kappa shape index (κ2) is 6.85. The van der Waals surface area contributed by atoms with Gasteiger partial charge in [0.05, 0.1) is 35.2 Å². The highest BCUT2D eigenvalue weighted by Gasteiger charge is 2.16. The largest absolute Gasteiger partial charge is 0.376 e. The maximum atomic E-state index is 11.9. The molecule has 6 nitrogen and oxygen atoms in total. The first-order valence-corrected chi connectivity index (χ1v) is 8.12. The van der Waals surface area contributed by atoms with Crippen molar-refractivity contribution in [2.24, 2.45) is 0 Å². The van der Waals surface area contributed by atoms with Gasteiger partial charge >= 0.3 is 0 Å². The Morgan fingerprint density at radius 2 is 2.55 bits per heavy atom. The zero-order valence-electron chi connectivity index (χ0n) is 12.4. The first-order chi connectivity index (χ1) is 10.7. The van der Waals surface area contributed by atoms with Crippen LogP contribution in [0.25, 0.3) is 6.08 Å². The van der Waals surface area contributed by atoms with E-state index in [4.69, 9.17) is 4.74 Å². The lowest BCUT2D eigenvalue weighted by atomic mass is 10.2. The van der Waals surface area contributed by atoms with E-state index in [1.165, 1.54) is 6.08 Å². The van der Waals surface area contributed by atoms with Gasteiger partial charge in [-0.3, -0.25) is 9.48 Å². The average Bonchev–Trinajstić information content (AvgIpc) is 3.21. The Morgan fingerprint density at radius 1 is 1.64 bits per heavy atom. The Labute approximate surface area is 132 Å². The SMILES string of the molecule is Cc1nc(/C=C/C(=O)Nc2cnn(CC3CCCO3)c2)cs1. The lowest BCUT2D eigenvalue weighted by molar-refractivity contribution is -0.111. The smallest absolute Gasteiger partial charge is 0.248 e. The molecule has 0 bridgehead atoms. The third-order valence-corrected chi connectivity index (χ3v) is 4.15. The van der Waals surface area contributed by atoms with Crippen molar-refractivity contribution in [2.75, 3.05) is 11.9 Å². The Morgan fingerprint density at radius 3 is 3.27 bits per heavy atom. The number of aromatic nitrogens is 3. The molecule has 116 valence electrons. The van der Waals surface area contributed by atoms with E-state index < -0.39 is 0 Å². The molecule has 1 amide bonds. The van der Waals surface area contributed by atoms with Crippen molar-refractivity contribution in [3.8, 4) is 0 Å². The van der Waals surface area contributed by atoms with Crippen LogP contribution in [0.15, 0.2) is 23.8 Å². The summed E-state index contributed by atoms with van der Waals surface area (Å²) in [6, 6.07) is 0. The fraction of sp³-hybridized carbons (Fsp3) is 0.400. The molecule has 0 saturated carbocycles. The van der Waals surface area contributed by atoms with E-state index in [1.54, 1.807) is 28.3 Å². The van der Waals surface area contributed by atoms with E-state index in [-0.39, 0.29) is 12.0 Å². The Kier molecular flexibility index (Phi) is 4.65. The molecule has 1 saturated heterocycles. The van der Waals surface area contributed by atoms with Crippen molar-refractivity contribution in [1.82, 2.24) is 14.8 Å². The highest BCUT2D eigenvalue weighted by atomic mass is 32.1. The van der Waals surface area contributed by atoms with Gasteiger partial charge < -0.3 is 10.1 Å². The maximum absolute atomic E-state index is 11.9. The van der Waals surface area contributed by atoms with Gasteiger partial charge in [0.15, 0.2) is 0 Å². The van der Waals surface area contributed by atoms with Crippen LogP contribution in [0.2, 0.25) is 0 Å². The number of thiazole rings is 1. The number of nitrogens with one attached hydrogen (secondary N) is 1. The van der Waals surface area contributed by atoms with Crippen LogP contribution < -0.4 is 5.32 Å². The third-order valence-electron chi connectivity index (χ3n) is 3.36. The summed E-state index contributed by atoms with van der Waals surface area (Å²) in [5.41, 5.74) is 1.48. The standard InChI is InChI=1S/C15H18N4O2S/c1-11-17-12(10-22-11)4-5-15(20)18-13-7-16-19(8-13)9-14-3-2-6-21-14/h4-5,7-8,10,14H,2-3,6,9H2,1H3,(H,18,20)/b5-4+. The van der Waals surface area contributed by atoms with Gasteiger partial charge in [0.25, 0.3) is 0 Å². The second-order valence-corrected chi connectivity index (χ2v) is 6.26. The molecule has 3 rings (SSSR count). The van der Waals surface area contributed by atoms with Crippen LogP contribution in [0.1, 0.15) is 23.5 Å². The molecule has 1 N–H and O–H groups in total. The Hall–Kier alpha value is -1.99. The first kappa shape index (κ1) is 14.9. The van der Waals surface area contributed by atoms with Crippen molar-refractivity contribution in [3.63, 3.8) is 0 Å². The molecule has 22 heavy (non-hydrogen) atoms. The molecule has 1 aliphatic heterocycles. The molecule has 0 spiro atoms. The minimum atomic E-state index is -0.192. The molecule has 0 radical (unpaired) electrons. The molecular formula is C15H18N4O2S. The topological polar surface area (TPSA) is 69.0 Å². The normalized spacial score (nSPS) is 18.1. The molecular weight excluding hydrogens is 300 g/mol. The van der Waals surface area contributed by atoms with Crippen molar-refractivity contribution in [3.05, 3.63) is 34.6 Å². The number of nitrogens with zero attached hydrogens (tertiary/aromatic N) is 3. The van der Waals surface area contributed by atoms with Gasteiger partial charge in [0.1, 0.15) is 0 Å². The molecule has 2 aromatic heterocycles. The van der Waals surface area contributed by atoms with Gasteiger partial charge in [0, 0.05) is 24.3 Å². The van der Waals surface area contributed by atoms with Crippen molar-refractivity contribution in [1.29, 1.82) is 0 Å². The number of ether oxygens (including phenoxy) is 1. The third kappa shape index (κ3) is 4.02. The summed E-state index contributed by atoms with van der Waals surface area (Å²) in [6.07, 6.45) is 9.06. The molecule has 3 heterocycles. The molecule has 7 heteroatoms. The lowest BCUT2D eigenvalue weighted by Crippen LogP contribution is -2.15. The fourth-order valence-electron chi connectivity index (χ4n) is 2.33. The van der Waals surface area contributed by atoms with Crippen LogP contribution in [0.4, 0.5) is 5.69 Å². The van der Waals surface area contributed by atoms with Crippen LogP contribution in [0.3, 0.4) is 0 Å². The van der Waals surface area contributed by atoms with Gasteiger partial charge in [-0.2, -0.15) is 5.10 Å². The van der Waals surface area contributed by atoms with Gasteiger partial charge in [-0.25, -0.2) is 4.98 Å². The summed E-state index contributed by atoms with van der Waals surface area (Å²) in [7, 11) is 0. The van der Waals surface area contributed by atoms with Crippen molar-refractivity contribution in [2.45, 2.75) is 32.4 Å². The summed E-state index contributed by atoms with van der Waals surface area (Å²) >= 11 is 1.56. The molecule has 1 unspecified atom stereocenters. The van der Waals surface area contributed by atoms with E-state index >= 15 is 0 Å². The van der Waals surface area contributed by atoms with Crippen LogP contribution in [0.5, 0.6) is 0 Å². The number of rotatable bonds is 5. The predicted octanol–water partition coefficient (Wildman–Crippen LogP) is 2.48. The van der Waals surface area contributed by atoms with Crippen LogP contribution in [0, 0.1) is 6.92 Å². The zero-order valence-corrected chi connectivity index (χ0v) is 13.2. The van der Waals surface area contributed by atoms with Gasteiger partial charge in [-0.1, -0.05) is 0 Å². The van der Waals surface area contributed by atoms with Crippen molar-refractivity contribution < 1.29 is 9.53 Å².